The molecule has 0 saturated carbocycles. The van der Waals surface area contributed by atoms with E-state index in [0.717, 1.165) is 24.0 Å². The van der Waals surface area contributed by atoms with Gasteiger partial charge in [-0.1, -0.05) is 60.2 Å². The van der Waals surface area contributed by atoms with Crippen LogP contribution in [0.4, 0.5) is 0 Å². The molecule has 1 aliphatic heterocycles. The first-order chi connectivity index (χ1) is 13.0. The Morgan fingerprint density at radius 3 is 2.33 bits per heavy atom. The summed E-state index contributed by atoms with van der Waals surface area (Å²) in [6.45, 7) is 4.00. The van der Waals surface area contributed by atoms with Crippen molar-refractivity contribution in [3.8, 4) is 0 Å². The summed E-state index contributed by atoms with van der Waals surface area (Å²) in [4.78, 5) is 29.0. The van der Waals surface area contributed by atoms with Gasteiger partial charge in [0.25, 0.3) is 0 Å². The zero-order valence-electron chi connectivity index (χ0n) is 16.2. The molecule has 4 heteroatoms. The summed E-state index contributed by atoms with van der Waals surface area (Å²) in [7, 11) is 1.87. The van der Waals surface area contributed by atoms with Crippen molar-refractivity contribution in [1.29, 1.82) is 0 Å². The number of aryl methyl sites for hydroxylation is 1. The van der Waals surface area contributed by atoms with E-state index in [1.807, 2.05) is 72.3 Å². The molecule has 0 N–H and O–H groups in total. The number of rotatable bonds is 5. The van der Waals surface area contributed by atoms with Crippen LogP contribution >= 0.6 is 0 Å². The van der Waals surface area contributed by atoms with Gasteiger partial charge in [0.1, 0.15) is 0 Å². The summed E-state index contributed by atoms with van der Waals surface area (Å²) in [5.74, 6) is 0.357. The molecule has 2 aromatic carbocycles. The smallest absolute Gasteiger partial charge is 0.226 e. The van der Waals surface area contributed by atoms with E-state index < -0.39 is 0 Å². The summed E-state index contributed by atoms with van der Waals surface area (Å²) in [6, 6.07) is 18.1. The Bertz CT molecular complexity index is 780. The minimum absolute atomic E-state index is 0.0155. The highest BCUT2D eigenvalue weighted by molar-refractivity contribution is 5.81. The minimum Gasteiger partial charge on any atom is -0.342 e. The van der Waals surface area contributed by atoms with E-state index in [0.29, 0.717) is 26.1 Å². The van der Waals surface area contributed by atoms with Crippen molar-refractivity contribution >= 4 is 11.8 Å². The van der Waals surface area contributed by atoms with Crippen molar-refractivity contribution in [2.45, 2.75) is 32.7 Å². The lowest BCUT2D eigenvalue weighted by molar-refractivity contribution is -0.140. The molecule has 1 aliphatic rings. The predicted molar refractivity (Wildman–Crippen MR) is 107 cm³/mol. The fourth-order valence-electron chi connectivity index (χ4n) is 3.73. The molecule has 2 amide bonds. The summed E-state index contributed by atoms with van der Waals surface area (Å²) >= 11 is 0. The van der Waals surface area contributed by atoms with Gasteiger partial charge < -0.3 is 9.80 Å². The van der Waals surface area contributed by atoms with E-state index in [1.165, 1.54) is 5.56 Å². The molecule has 2 aromatic rings. The highest BCUT2D eigenvalue weighted by Gasteiger charge is 2.29. The van der Waals surface area contributed by atoms with Gasteiger partial charge in [-0.05, 0) is 30.9 Å². The highest BCUT2D eigenvalue weighted by atomic mass is 16.2. The maximum Gasteiger partial charge on any atom is 0.226 e. The number of hydrogen-bond donors (Lipinski definition) is 0. The average molecular weight is 364 g/mol. The molecule has 0 spiro atoms. The summed E-state index contributed by atoms with van der Waals surface area (Å²) in [6.07, 6.45) is 1.93. The molecule has 0 radical (unpaired) electrons. The number of piperidine rings is 1. The summed E-state index contributed by atoms with van der Waals surface area (Å²) in [5, 5.41) is 0. The lowest BCUT2D eigenvalue weighted by Crippen LogP contribution is -2.43. The van der Waals surface area contributed by atoms with E-state index in [9.17, 15) is 9.59 Å². The number of benzene rings is 2. The maximum atomic E-state index is 12.7. The molecular weight excluding hydrogens is 336 g/mol. The van der Waals surface area contributed by atoms with E-state index in [4.69, 9.17) is 0 Å². The van der Waals surface area contributed by atoms with Crippen LogP contribution in [0.3, 0.4) is 0 Å². The Morgan fingerprint density at radius 1 is 1.00 bits per heavy atom. The molecule has 0 bridgehead atoms. The zero-order valence-corrected chi connectivity index (χ0v) is 16.2. The van der Waals surface area contributed by atoms with Gasteiger partial charge in [-0.15, -0.1) is 0 Å². The molecule has 0 atom stereocenters. The number of carbonyl (C=O) groups is 2. The quantitative estimate of drug-likeness (QED) is 0.815. The molecule has 1 saturated heterocycles. The summed E-state index contributed by atoms with van der Waals surface area (Å²) in [5.41, 5.74) is 3.37. The molecular formula is C23H28N2O2. The molecule has 142 valence electrons. The van der Waals surface area contributed by atoms with Crippen molar-refractivity contribution in [2.24, 2.45) is 5.92 Å². The number of amides is 2. The van der Waals surface area contributed by atoms with E-state index in [2.05, 4.69) is 6.07 Å². The molecule has 4 nitrogen and oxygen atoms in total. The van der Waals surface area contributed by atoms with E-state index in [1.54, 1.807) is 0 Å². The lowest BCUT2D eigenvalue weighted by Gasteiger charge is -2.33. The van der Waals surface area contributed by atoms with Crippen LogP contribution in [0, 0.1) is 12.8 Å². The van der Waals surface area contributed by atoms with E-state index in [-0.39, 0.29) is 17.7 Å². The molecule has 27 heavy (non-hydrogen) atoms. The zero-order chi connectivity index (χ0) is 19.2. The van der Waals surface area contributed by atoms with Gasteiger partial charge in [0.05, 0.1) is 6.42 Å². The predicted octanol–water partition coefficient (Wildman–Crippen LogP) is 3.43. The van der Waals surface area contributed by atoms with Gasteiger partial charge in [-0.3, -0.25) is 9.59 Å². The third kappa shape index (κ3) is 5.19. The molecule has 3 rings (SSSR count). The molecule has 0 aliphatic carbocycles. The van der Waals surface area contributed by atoms with Crippen molar-refractivity contribution < 1.29 is 9.59 Å². The average Bonchev–Trinajstić information content (AvgIpc) is 2.68. The van der Waals surface area contributed by atoms with Gasteiger partial charge in [0, 0.05) is 32.6 Å². The first-order valence-electron chi connectivity index (χ1n) is 9.65. The molecule has 1 fully saturated rings. The Hall–Kier alpha value is -2.62. The van der Waals surface area contributed by atoms with Gasteiger partial charge in [-0.2, -0.15) is 0 Å². The number of likely N-dealkylation sites (tertiary alicyclic amines) is 1. The Kier molecular flexibility index (Phi) is 6.28. The number of carbonyl (C=O) groups excluding carboxylic acids is 2. The Labute approximate surface area is 161 Å². The second-order valence-electron chi connectivity index (χ2n) is 7.50. The van der Waals surface area contributed by atoms with Gasteiger partial charge in [0.2, 0.25) is 11.8 Å². The Morgan fingerprint density at radius 2 is 1.67 bits per heavy atom. The van der Waals surface area contributed by atoms with Crippen molar-refractivity contribution in [2.75, 3.05) is 20.1 Å². The van der Waals surface area contributed by atoms with Crippen LogP contribution in [0.5, 0.6) is 0 Å². The van der Waals surface area contributed by atoms with Crippen LogP contribution in [0.15, 0.2) is 54.6 Å². The SMILES string of the molecule is Cc1cccc(CC(=O)N2CCC(C(=O)N(C)Cc3ccccc3)CC2)c1. The topological polar surface area (TPSA) is 40.6 Å². The van der Waals surface area contributed by atoms with Crippen molar-refractivity contribution in [3.63, 3.8) is 0 Å². The van der Waals surface area contributed by atoms with Crippen LogP contribution in [0.25, 0.3) is 0 Å². The third-order valence-corrected chi connectivity index (χ3v) is 5.27. The fourth-order valence-corrected chi connectivity index (χ4v) is 3.73. The standard InChI is InChI=1S/C23H28N2O2/c1-18-7-6-10-20(15-18)16-22(26)25-13-11-21(12-14-25)23(27)24(2)17-19-8-4-3-5-9-19/h3-10,15,21H,11-14,16-17H2,1-2H3. The summed E-state index contributed by atoms with van der Waals surface area (Å²) < 4.78 is 0. The van der Waals surface area contributed by atoms with Gasteiger partial charge in [0.15, 0.2) is 0 Å². The monoisotopic (exact) mass is 364 g/mol. The van der Waals surface area contributed by atoms with Gasteiger partial charge >= 0.3 is 0 Å². The maximum absolute atomic E-state index is 12.7. The second kappa shape index (κ2) is 8.85. The van der Waals surface area contributed by atoms with E-state index >= 15 is 0 Å². The second-order valence-corrected chi connectivity index (χ2v) is 7.50. The Balaban J connectivity index is 1.49. The largest absolute Gasteiger partial charge is 0.342 e. The minimum atomic E-state index is 0.0155. The molecule has 0 aromatic heterocycles. The van der Waals surface area contributed by atoms with Crippen molar-refractivity contribution in [1.82, 2.24) is 9.80 Å². The van der Waals surface area contributed by atoms with Crippen LogP contribution in [0.2, 0.25) is 0 Å². The van der Waals surface area contributed by atoms with Gasteiger partial charge in [-0.25, -0.2) is 0 Å². The van der Waals surface area contributed by atoms with Crippen LogP contribution in [-0.4, -0.2) is 41.8 Å². The van der Waals surface area contributed by atoms with Crippen molar-refractivity contribution in [3.05, 3.63) is 71.3 Å². The normalized spacial score (nSPS) is 14.8. The first kappa shape index (κ1) is 19.2. The number of hydrogen-bond acceptors (Lipinski definition) is 2. The molecule has 1 heterocycles. The third-order valence-electron chi connectivity index (χ3n) is 5.27. The van der Waals surface area contributed by atoms with Crippen LogP contribution in [-0.2, 0) is 22.6 Å². The highest BCUT2D eigenvalue weighted by Crippen LogP contribution is 2.21. The first-order valence-corrected chi connectivity index (χ1v) is 9.65. The van der Waals surface area contributed by atoms with Crippen LogP contribution < -0.4 is 0 Å². The molecule has 0 unspecified atom stereocenters. The fraction of sp³-hybridized carbons (Fsp3) is 0.391. The number of nitrogens with zero attached hydrogens (tertiary/aromatic N) is 2. The van der Waals surface area contributed by atoms with Crippen LogP contribution in [0.1, 0.15) is 29.5 Å². The lowest BCUT2D eigenvalue weighted by atomic mass is 9.94.